The lowest BCUT2D eigenvalue weighted by Crippen LogP contribution is -2.26. The Kier molecular flexibility index (Phi) is 3.80. The molecule has 0 aliphatic heterocycles. The minimum absolute atomic E-state index is 0.303. The van der Waals surface area contributed by atoms with Gasteiger partial charge in [0.05, 0.1) is 10.0 Å². The number of hydrogen-bond acceptors (Lipinski definition) is 0. The van der Waals surface area contributed by atoms with E-state index in [1.54, 1.807) is 0 Å². The van der Waals surface area contributed by atoms with Crippen molar-refractivity contribution in [3.8, 4) is 0 Å². The van der Waals surface area contributed by atoms with E-state index in [0.29, 0.717) is 21.4 Å². The smallest absolute Gasteiger partial charge is 0.0595 e. The highest BCUT2D eigenvalue weighted by Crippen LogP contribution is 2.46. The topological polar surface area (TPSA) is 0 Å². The van der Waals surface area contributed by atoms with Crippen LogP contribution in [0.4, 0.5) is 0 Å². The zero-order chi connectivity index (χ0) is 15.2. The Labute approximate surface area is 137 Å². The van der Waals surface area contributed by atoms with Crippen molar-refractivity contribution in [1.82, 2.24) is 0 Å². The lowest BCUT2D eigenvalue weighted by molar-refractivity contribution is 0.296. The van der Waals surface area contributed by atoms with Crippen LogP contribution < -0.4 is 0 Å². The molecular weight excluding hydrogens is 299 g/mol. The first-order valence-corrected chi connectivity index (χ1v) is 8.16. The van der Waals surface area contributed by atoms with E-state index in [1.165, 1.54) is 22.3 Å². The summed E-state index contributed by atoms with van der Waals surface area (Å²) in [7, 11) is 0. The Hall–Kier alpha value is -0.980. The number of aryl methyl sites for hydroxylation is 1. The van der Waals surface area contributed by atoms with Crippen LogP contribution in [0.2, 0.25) is 10.0 Å². The molecule has 1 unspecified atom stereocenters. The predicted octanol–water partition coefficient (Wildman–Crippen LogP) is 6.41. The van der Waals surface area contributed by atoms with E-state index in [2.05, 4.69) is 45.0 Å². The molecule has 0 heterocycles. The summed E-state index contributed by atoms with van der Waals surface area (Å²) in [6.07, 6.45) is 2.28. The van der Waals surface area contributed by atoms with Crippen molar-refractivity contribution in [2.24, 2.45) is 5.41 Å². The second kappa shape index (κ2) is 5.34. The molecule has 110 valence electrons. The average molecular weight is 319 g/mol. The molecular formula is C19H20Cl2. The van der Waals surface area contributed by atoms with E-state index in [-0.39, 0.29) is 0 Å². The third-order valence-corrected chi connectivity index (χ3v) is 5.18. The Morgan fingerprint density at radius 2 is 1.76 bits per heavy atom. The van der Waals surface area contributed by atoms with Gasteiger partial charge in [-0.15, -0.1) is 0 Å². The number of rotatable bonds is 1. The summed E-state index contributed by atoms with van der Waals surface area (Å²) >= 11 is 12.3. The van der Waals surface area contributed by atoms with Gasteiger partial charge in [-0.25, -0.2) is 0 Å². The van der Waals surface area contributed by atoms with E-state index >= 15 is 0 Å². The molecule has 0 amide bonds. The zero-order valence-electron chi connectivity index (χ0n) is 12.7. The summed E-state index contributed by atoms with van der Waals surface area (Å²) < 4.78 is 0. The van der Waals surface area contributed by atoms with Crippen LogP contribution in [-0.2, 0) is 6.42 Å². The number of halogens is 2. The van der Waals surface area contributed by atoms with Crippen LogP contribution in [0, 0.1) is 12.3 Å². The molecule has 0 aromatic heterocycles. The Balaban J connectivity index is 2.12. The highest BCUT2D eigenvalue weighted by atomic mass is 35.5. The summed E-state index contributed by atoms with van der Waals surface area (Å²) in [5.41, 5.74) is 5.82. The molecule has 2 aromatic rings. The third kappa shape index (κ3) is 2.98. The minimum atomic E-state index is 0.303. The molecule has 1 atom stereocenters. The molecule has 21 heavy (non-hydrogen) atoms. The SMILES string of the molecule is Cc1ccc2c(c1)CC(C)(C)CC2c1ccc(Cl)c(Cl)c1. The van der Waals surface area contributed by atoms with E-state index in [4.69, 9.17) is 23.2 Å². The zero-order valence-corrected chi connectivity index (χ0v) is 14.2. The molecule has 0 bridgehead atoms. The van der Waals surface area contributed by atoms with Crippen molar-refractivity contribution in [1.29, 1.82) is 0 Å². The maximum absolute atomic E-state index is 6.22. The van der Waals surface area contributed by atoms with E-state index in [9.17, 15) is 0 Å². The van der Waals surface area contributed by atoms with Crippen LogP contribution in [0.5, 0.6) is 0 Å². The average Bonchev–Trinajstić information content (AvgIpc) is 2.39. The molecule has 0 saturated carbocycles. The lowest BCUT2D eigenvalue weighted by Gasteiger charge is -2.37. The van der Waals surface area contributed by atoms with Gasteiger partial charge in [-0.3, -0.25) is 0 Å². The van der Waals surface area contributed by atoms with Gasteiger partial charge in [0.1, 0.15) is 0 Å². The first kappa shape index (κ1) is 14.9. The summed E-state index contributed by atoms with van der Waals surface area (Å²) in [6, 6.07) is 12.9. The van der Waals surface area contributed by atoms with Crippen LogP contribution >= 0.6 is 23.2 Å². The fraction of sp³-hybridized carbons (Fsp3) is 0.368. The van der Waals surface area contributed by atoms with Crippen molar-refractivity contribution in [2.45, 2.75) is 39.5 Å². The monoisotopic (exact) mass is 318 g/mol. The fourth-order valence-corrected chi connectivity index (χ4v) is 3.81. The quantitative estimate of drug-likeness (QED) is 0.570. The van der Waals surface area contributed by atoms with Gasteiger partial charge in [-0.05, 0) is 54.0 Å². The fourth-order valence-electron chi connectivity index (χ4n) is 3.50. The van der Waals surface area contributed by atoms with Crippen molar-refractivity contribution >= 4 is 23.2 Å². The molecule has 1 aliphatic carbocycles. The Morgan fingerprint density at radius 1 is 1.00 bits per heavy atom. The van der Waals surface area contributed by atoms with E-state index in [1.807, 2.05) is 12.1 Å². The third-order valence-electron chi connectivity index (χ3n) is 4.45. The van der Waals surface area contributed by atoms with Crippen molar-refractivity contribution in [3.63, 3.8) is 0 Å². The molecule has 2 heteroatoms. The van der Waals surface area contributed by atoms with Crippen molar-refractivity contribution in [2.75, 3.05) is 0 Å². The van der Waals surface area contributed by atoms with Gasteiger partial charge in [0.2, 0.25) is 0 Å². The minimum Gasteiger partial charge on any atom is -0.0827 e. The number of fused-ring (bicyclic) bond motifs is 1. The molecule has 2 aromatic carbocycles. The van der Waals surface area contributed by atoms with Crippen molar-refractivity contribution in [3.05, 3.63) is 68.7 Å². The first-order chi connectivity index (χ1) is 9.85. The standard InChI is InChI=1S/C19H20Cl2/c1-12-4-6-15-14(8-12)10-19(2,3)11-16(15)13-5-7-17(20)18(21)9-13/h4-9,16H,10-11H2,1-3H3. The first-order valence-electron chi connectivity index (χ1n) is 7.40. The van der Waals surface area contributed by atoms with Crippen LogP contribution in [0.15, 0.2) is 36.4 Å². The van der Waals surface area contributed by atoms with E-state index in [0.717, 1.165) is 12.8 Å². The normalized spacial score (nSPS) is 20.1. The van der Waals surface area contributed by atoms with Crippen LogP contribution in [-0.4, -0.2) is 0 Å². The largest absolute Gasteiger partial charge is 0.0827 e. The van der Waals surface area contributed by atoms with Crippen LogP contribution in [0.25, 0.3) is 0 Å². The number of hydrogen-bond donors (Lipinski definition) is 0. The Morgan fingerprint density at radius 3 is 2.48 bits per heavy atom. The van der Waals surface area contributed by atoms with Crippen molar-refractivity contribution < 1.29 is 0 Å². The van der Waals surface area contributed by atoms with Gasteiger partial charge >= 0.3 is 0 Å². The maximum atomic E-state index is 6.22. The molecule has 0 radical (unpaired) electrons. The summed E-state index contributed by atoms with van der Waals surface area (Å²) in [6.45, 7) is 6.86. The second-order valence-corrected chi connectivity index (χ2v) is 7.79. The molecule has 0 N–H and O–H groups in total. The highest BCUT2D eigenvalue weighted by molar-refractivity contribution is 6.42. The molecule has 1 aliphatic rings. The molecule has 0 nitrogen and oxygen atoms in total. The molecule has 3 rings (SSSR count). The van der Waals surface area contributed by atoms with Gasteiger partial charge in [0.15, 0.2) is 0 Å². The lowest BCUT2D eigenvalue weighted by atomic mass is 9.67. The van der Waals surface area contributed by atoms with Gasteiger partial charge in [-0.2, -0.15) is 0 Å². The molecule has 0 spiro atoms. The Bertz CT molecular complexity index is 686. The van der Waals surface area contributed by atoms with Crippen LogP contribution in [0.3, 0.4) is 0 Å². The van der Waals surface area contributed by atoms with Gasteiger partial charge in [0.25, 0.3) is 0 Å². The van der Waals surface area contributed by atoms with Gasteiger partial charge in [0, 0.05) is 5.92 Å². The van der Waals surface area contributed by atoms with Gasteiger partial charge < -0.3 is 0 Å². The maximum Gasteiger partial charge on any atom is 0.0595 e. The molecule has 0 fully saturated rings. The van der Waals surface area contributed by atoms with Gasteiger partial charge in [-0.1, -0.05) is 66.9 Å². The predicted molar refractivity (Wildman–Crippen MR) is 91.6 cm³/mol. The summed E-state index contributed by atoms with van der Waals surface area (Å²) in [5, 5.41) is 1.27. The highest BCUT2D eigenvalue weighted by Gasteiger charge is 2.33. The summed E-state index contributed by atoms with van der Waals surface area (Å²) in [5.74, 6) is 0.402. The van der Waals surface area contributed by atoms with E-state index < -0.39 is 0 Å². The summed E-state index contributed by atoms with van der Waals surface area (Å²) in [4.78, 5) is 0. The molecule has 0 saturated heterocycles. The number of benzene rings is 2. The van der Waals surface area contributed by atoms with Crippen LogP contribution in [0.1, 0.15) is 48.4 Å². The second-order valence-electron chi connectivity index (χ2n) is 6.97.